The Labute approximate surface area is 197 Å². The zero-order valence-corrected chi connectivity index (χ0v) is 20.0. The molecule has 2 aliphatic rings. The van der Waals surface area contributed by atoms with Crippen LogP contribution in [0.5, 0.6) is 5.75 Å². The third-order valence-corrected chi connectivity index (χ3v) is 6.67. The summed E-state index contributed by atoms with van der Waals surface area (Å²) in [6.45, 7) is 4.64. The molecule has 0 amide bonds. The first-order chi connectivity index (χ1) is 15.9. The standard InChI is InChI=1S/C27H40O6/c1-19(2)33-27(30)11-7-6-8-20-12-14-24-23(25(29)16-26(24)32-17-20)15-13-21(28)18-31-22-9-4-3-5-10-22/h3-5,9-10,13,15,19-21,23-26,28-29H,6-8,11-12,14,16-18H2,1-2H3/b15-13+/t20?,21-,23-,24-,25-,26+/m1/s1. The summed E-state index contributed by atoms with van der Waals surface area (Å²) in [5, 5.41) is 20.9. The van der Waals surface area contributed by atoms with E-state index in [4.69, 9.17) is 14.2 Å². The number of aliphatic hydroxyl groups excluding tert-OH is 2. The third-order valence-electron chi connectivity index (χ3n) is 6.67. The van der Waals surface area contributed by atoms with Gasteiger partial charge in [-0.25, -0.2) is 0 Å². The van der Waals surface area contributed by atoms with E-state index < -0.39 is 12.2 Å². The molecule has 1 heterocycles. The molecule has 2 N–H and O–H groups in total. The van der Waals surface area contributed by atoms with Crippen LogP contribution in [0.4, 0.5) is 0 Å². The Balaban J connectivity index is 1.41. The van der Waals surface area contributed by atoms with Crippen molar-refractivity contribution < 1.29 is 29.2 Å². The van der Waals surface area contributed by atoms with Gasteiger partial charge in [-0.1, -0.05) is 36.8 Å². The molecule has 0 spiro atoms. The minimum atomic E-state index is -0.724. The third kappa shape index (κ3) is 8.43. The normalized spacial score (nSPS) is 28.5. The Morgan fingerprint density at radius 1 is 1.21 bits per heavy atom. The lowest BCUT2D eigenvalue weighted by Crippen LogP contribution is -2.22. The van der Waals surface area contributed by atoms with Crippen LogP contribution < -0.4 is 4.74 Å². The number of hydrogen-bond donors (Lipinski definition) is 2. The monoisotopic (exact) mass is 460 g/mol. The van der Waals surface area contributed by atoms with E-state index in [2.05, 4.69) is 0 Å². The number of unbranched alkanes of at least 4 members (excludes halogenated alkanes) is 1. The zero-order valence-electron chi connectivity index (χ0n) is 20.0. The molecule has 1 aromatic rings. The van der Waals surface area contributed by atoms with Gasteiger partial charge in [0.15, 0.2) is 0 Å². The number of ether oxygens (including phenoxy) is 3. The molecule has 1 saturated heterocycles. The number of rotatable bonds is 11. The van der Waals surface area contributed by atoms with E-state index in [0.717, 1.165) is 37.9 Å². The van der Waals surface area contributed by atoms with E-state index in [1.54, 1.807) is 6.08 Å². The van der Waals surface area contributed by atoms with Gasteiger partial charge in [0.2, 0.25) is 0 Å². The average Bonchev–Trinajstić information content (AvgIpc) is 2.95. The second-order valence-electron chi connectivity index (χ2n) is 9.72. The molecular weight excluding hydrogens is 420 g/mol. The van der Waals surface area contributed by atoms with Crippen molar-refractivity contribution in [3.63, 3.8) is 0 Å². The molecule has 0 bridgehead atoms. The first-order valence-corrected chi connectivity index (χ1v) is 12.5. The van der Waals surface area contributed by atoms with Gasteiger partial charge in [0.25, 0.3) is 0 Å². The fourth-order valence-electron chi connectivity index (χ4n) is 4.98. The fourth-order valence-corrected chi connectivity index (χ4v) is 4.98. The molecule has 1 aliphatic carbocycles. The van der Waals surface area contributed by atoms with Crippen LogP contribution in [-0.2, 0) is 14.3 Å². The Morgan fingerprint density at radius 2 is 2.00 bits per heavy atom. The molecular formula is C27H40O6. The van der Waals surface area contributed by atoms with Gasteiger partial charge in [0.1, 0.15) is 18.5 Å². The summed E-state index contributed by atoms with van der Waals surface area (Å²) in [5.74, 6) is 1.36. The lowest BCUT2D eigenvalue weighted by Gasteiger charge is -2.21. The summed E-state index contributed by atoms with van der Waals surface area (Å²) in [6, 6.07) is 9.43. The highest BCUT2D eigenvalue weighted by Crippen LogP contribution is 2.42. The van der Waals surface area contributed by atoms with Gasteiger partial charge in [-0.05, 0) is 63.5 Å². The highest BCUT2D eigenvalue weighted by atomic mass is 16.5. The van der Waals surface area contributed by atoms with E-state index in [0.29, 0.717) is 25.4 Å². The van der Waals surface area contributed by atoms with Gasteiger partial charge < -0.3 is 24.4 Å². The summed E-state index contributed by atoms with van der Waals surface area (Å²) in [5.41, 5.74) is 0. The Kier molecular flexibility index (Phi) is 10.2. The van der Waals surface area contributed by atoms with Gasteiger partial charge >= 0.3 is 5.97 Å². The topological polar surface area (TPSA) is 85.2 Å². The highest BCUT2D eigenvalue weighted by molar-refractivity contribution is 5.69. The molecule has 6 atom stereocenters. The maximum atomic E-state index is 11.7. The van der Waals surface area contributed by atoms with Crippen molar-refractivity contribution in [3.05, 3.63) is 42.5 Å². The van der Waals surface area contributed by atoms with Gasteiger partial charge in [-0.2, -0.15) is 0 Å². The Bertz CT molecular complexity index is 733. The predicted molar refractivity (Wildman–Crippen MR) is 127 cm³/mol. The van der Waals surface area contributed by atoms with Crippen molar-refractivity contribution in [2.24, 2.45) is 17.8 Å². The van der Waals surface area contributed by atoms with Crippen LogP contribution in [0.15, 0.2) is 42.5 Å². The number of fused-ring (bicyclic) bond motifs is 1. The highest BCUT2D eigenvalue weighted by Gasteiger charge is 2.43. The molecule has 2 fully saturated rings. The first-order valence-electron chi connectivity index (χ1n) is 12.5. The molecule has 6 heteroatoms. The second-order valence-corrected chi connectivity index (χ2v) is 9.72. The van der Waals surface area contributed by atoms with Crippen LogP contribution in [0.1, 0.15) is 58.8 Å². The molecule has 0 aromatic heterocycles. The number of aliphatic hydroxyl groups is 2. The lowest BCUT2D eigenvalue weighted by molar-refractivity contribution is -0.147. The van der Waals surface area contributed by atoms with Crippen LogP contribution in [0.25, 0.3) is 0 Å². The number of para-hydroxylation sites is 1. The lowest BCUT2D eigenvalue weighted by atomic mass is 9.86. The van der Waals surface area contributed by atoms with E-state index in [-0.39, 0.29) is 36.6 Å². The number of benzene rings is 1. The minimum Gasteiger partial charge on any atom is -0.491 e. The molecule has 6 nitrogen and oxygen atoms in total. The van der Waals surface area contributed by atoms with Crippen molar-refractivity contribution in [3.8, 4) is 5.75 Å². The predicted octanol–water partition coefficient (Wildman–Crippen LogP) is 4.29. The number of hydrogen-bond acceptors (Lipinski definition) is 6. The van der Waals surface area contributed by atoms with Gasteiger partial charge in [0, 0.05) is 25.4 Å². The Morgan fingerprint density at radius 3 is 2.76 bits per heavy atom. The van der Waals surface area contributed by atoms with Gasteiger partial charge in [-0.15, -0.1) is 0 Å². The van der Waals surface area contributed by atoms with E-state index >= 15 is 0 Å². The number of carbonyl (C=O) groups is 1. The molecule has 1 unspecified atom stereocenters. The van der Waals surface area contributed by atoms with Crippen molar-refractivity contribution in [2.45, 2.75) is 83.2 Å². The Hall–Kier alpha value is -1.89. The maximum Gasteiger partial charge on any atom is 0.306 e. The van der Waals surface area contributed by atoms with Gasteiger partial charge in [-0.3, -0.25) is 4.79 Å². The molecule has 0 radical (unpaired) electrons. The number of esters is 1. The van der Waals surface area contributed by atoms with Gasteiger partial charge in [0.05, 0.1) is 18.3 Å². The zero-order chi connectivity index (χ0) is 23.6. The largest absolute Gasteiger partial charge is 0.491 e. The minimum absolute atomic E-state index is 0.00840. The molecule has 33 heavy (non-hydrogen) atoms. The van der Waals surface area contributed by atoms with Crippen LogP contribution >= 0.6 is 0 Å². The van der Waals surface area contributed by atoms with Crippen molar-refractivity contribution in [1.82, 2.24) is 0 Å². The average molecular weight is 461 g/mol. The molecule has 1 aliphatic heterocycles. The summed E-state index contributed by atoms with van der Waals surface area (Å²) in [7, 11) is 0. The summed E-state index contributed by atoms with van der Waals surface area (Å²) in [6.07, 6.45) is 8.64. The molecule has 1 saturated carbocycles. The first kappa shape index (κ1) is 25.7. The summed E-state index contributed by atoms with van der Waals surface area (Å²) < 4.78 is 17.0. The van der Waals surface area contributed by atoms with Crippen LogP contribution in [0.2, 0.25) is 0 Å². The summed E-state index contributed by atoms with van der Waals surface area (Å²) in [4.78, 5) is 11.7. The summed E-state index contributed by atoms with van der Waals surface area (Å²) >= 11 is 0. The SMILES string of the molecule is CC(C)OC(=O)CCCCC1CC[C@@H]2[C@@H](/C=C/[C@@H](O)COc3ccccc3)[C@H](O)C[C@@H]2OC1. The smallest absolute Gasteiger partial charge is 0.306 e. The van der Waals surface area contributed by atoms with Crippen LogP contribution in [0.3, 0.4) is 0 Å². The quantitative estimate of drug-likeness (QED) is 0.291. The van der Waals surface area contributed by atoms with Crippen LogP contribution in [0, 0.1) is 17.8 Å². The van der Waals surface area contributed by atoms with Crippen molar-refractivity contribution >= 4 is 5.97 Å². The fraction of sp³-hybridized carbons (Fsp3) is 0.667. The molecule has 184 valence electrons. The maximum absolute atomic E-state index is 11.7. The number of carbonyl (C=O) groups excluding carboxylic acids is 1. The van der Waals surface area contributed by atoms with Crippen LogP contribution in [-0.4, -0.2) is 53.8 Å². The second kappa shape index (κ2) is 13.1. The van der Waals surface area contributed by atoms with E-state index in [9.17, 15) is 15.0 Å². The van der Waals surface area contributed by atoms with E-state index in [1.165, 1.54) is 0 Å². The van der Waals surface area contributed by atoms with Crippen molar-refractivity contribution in [1.29, 1.82) is 0 Å². The molecule has 3 rings (SSSR count). The molecule has 1 aromatic carbocycles. The van der Waals surface area contributed by atoms with Crippen molar-refractivity contribution in [2.75, 3.05) is 13.2 Å². The van der Waals surface area contributed by atoms with E-state index in [1.807, 2.05) is 50.3 Å².